The van der Waals surface area contributed by atoms with Gasteiger partial charge in [-0.2, -0.15) is 0 Å². The van der Waals surface area contributed by atoms with Gasteiger partial charge in [0, 0.05) is 12.5 Å². The zero-order valence-electron chi connectivity index (χ0n) is 12.7. The molecule has 3 nitrogen and oxygen atoms in total. The number of Topliss-reactive ketones (excluding diaryl/α,β-unsaturated/α-hetero) is 1. The highest BCUT2D eigenvalue weighted by atomic mass is 16.5. The van der Waals surface area contributed by atoms with Gasteiger partial charge < -0.3 is 10.5 Å². The number of ketones is 1. The highest BCUT2D eigenvalue weighted by molar-refractivity contribution is 6.00. The molecule has 0 bridgehead atoms. The maximum absolute atomic E-state index is 12.6. The second-order valence-corrected chi connectivity index (χ2v) is 5.30. The Balaban J connectivity index is 2.25. The van der Waals surface area contributed by atoms with Gasteiger partial charge in [0.05, 0.1) is 12.7 Å². The van der Waals surface area contributed by atoms with Gasteiger partial charge in [-0.15, -0.1) is 0 Å². The van der Waals surface area contributed by atoms with Crippen LogP contribution in [0.15, 0.2) is 42.5 Å². The van der Waals surface area contributed by atoms with Crippen LogP contribution in [0.2, 0.25) is 0 Å². The molecule has 1 atom stereocenters. The second-order valence-electron chi connectivity index (χ2n) is 5.30. The van der Waals surface area contributed by atoms with Crippen molar-refractivity contribution in [3.8, 4) is 5.75 Å². The predicted molar refractivity (Wildman–Crippen MR) is 84.8 cm³/mol. The fraction of sp³-hybridized carbons (Fsp3) is 0.278. The summed E-state index contributed by atoms with van der Waals surface area (Å²) in [4.78, 5) is 12.6. The maximum atomic E-state index is 12.6. The van der Waals surface area contributed by atoms with Gasteiger partial charge in [-0.3, -0.25) is 4.79 Å². The number of carbonyl (C=O) groups is 1. The van der Waals surface area contributed by atoms with Crippen molar-refractivity contribution in [3.05, 3.63) is 64.7 Å². The molecule has 0 radical (unpaired) electrons. The second kappa shape index (κ2) is 6.55. The van der Waals surface area contributed by atoms with E-state index < -0.39 is 0 Å². The summed E-state index contributed by atoms with van der Waals surface area (Å²) < 4.78 is 5.35. The fourth-order valence-corrected chi connectivity index (χ4v) is 2.57. The lowest BCUT2D eigenvalue weighted by molar-refractivity contribution is 0.0970. The highest BCUT2D eigenvalue weighted by Gasteiger charge is 2.19. The van der Waals surface area contributed by atoms with E-state index in [-0.39, 0.29) is 18.2 Å². The summed E-state index contributed by atoms with van der Waals surface area (Å²) in [6.45, 7) is 3.91. The Morgan fingerprint density at radius 1 is 1.19 bits per heavy atom. The van der Waals surface area contributed by atoms with Crippen LogP contribution < -0.4 is 10.5 Å². The van der Waals surface area contributed by atoms with Crippen molar-refractivity contribution in [1.82, 2.24) is 0 Å². The number of hydrogen-bond acceptors (Lipinski definition) is 3. The van der Waals surface area contributed by atoms with Crippen molar-refractivity contribution in [2.45, 2.75) is 26.3 Å². The highest BCUT2D eigenvalue weighted by Crippen LogP contribution is 2.27. The zero-order valence-corrected chi connectivity index (χ0v) is 12.7. The van der Waals surface area contributed by atoms with Crippen LogP contribution in [0.25, 0.3) is 0 Å². The summed E-state index contributed by atoms with van der Waals surface area (Å²) in [5.41, 5.74) is 9.75. The van der Waals surface area contributed by atoms with E-state index in [1.54, 1.807) is 7.11 Å². The molecular weight excluding hydrogens is 262 g/mol. The number of rotatable bonds is 5. The summed E-state index contributed by atoms with van der Waals surface area (Å²) in [5.74, 6) is 0.637. The van der Waals surface area contributed by atoms with Crippen molar-refractivity contribution >= 4 is 5.78 Å². The van der Waals surface area contributed by atoms with Gasteiger partial charge >= 0.3 is 0 Å². The first-order valence-electron chi connectivity index (χ1n) is 7.02. The smallest absolute Gasteiger partial charge is 0.168 e. The van der Waals surface area contributed by atoms with Gasteiger partial charge in [-0.1, -0.05) is 36.4 Å². The van der Waals surface area contributed by atoms with Crippen LogP contribution in [0, 0.1) is 13.8 Å². The third-order valence-electron chi connectivity index (χ3n) is 3.58. The molecule has 0 aromatic heterocycles. The zero-order chi connectivity index (χ0) is 15.4. The van der Waals surface area contributed by atoms with E-state index in [4.69, 9.17) is 10.5 Å². The van der Waals surface area contributed by atoms with Crippen LogP contribution in [0.4, 0.5) is 0 Å². The van der Waals surface area contributed by atoms with Crippen LogP contribution in [0.1, 0.15) is 39.5 Å². The summed E-state index contributed by atoms with van der Waals surface area (Å²) in [5, 5.41) is 0. The minimum Gasteiger partial charge on any atom is -0.496 e. The van der Waals surface area contributed by atoms with Crippen molar-refractivity contribution < 1.29 is 9.53 Å². The van der Waals surface area contributed by atoms with E-state index in [9.17, 15) is 4.79 Å². The first-order chi connectivity index (χ1) is 10.0. The van der Waals surface area contributed by atoms with Crippen LogP contribution in [-0.2, 0) is 0 Å². The molecule has 2 aromatic carbocycles. The molecule has 0 spiro atoms. The van der Waals surface area contributed by atoms with Gasteiger partial charge in [0.2, 0.25) is 0 Å². The number of benzene rings is 2. The number of ether oxygens (including phenoxy) is 1. The average Bonchev–Trinajstić information content (AvgIpc) is 2.46. The fourth-order valence-electron chi connectivity index (χ4n) is 2.57. The van der Waals surface area contributed by atoms with E-state index in [0.29, 0.717) is 11.3 Å². The summed E-state index contributed by atoms with van der Waals surface area (Å²) in [6, 6.07) is 13.2. The number of methoxy groups -OCH3 is 1. The number of nitrogens with two attached hydrogens (primary N) is 1. The van der Waals surface area contributed by atoms with Gasteiger partial charge in [0.15, 0.2) is 5.78 Å². The van der Waals surface area contributed by atoms with Gasteiger partial charge in [0.1, 0.15) is 5.75 Å². The van der Waals surface area contributed by atoms with Crippen LogP contribution in [-0.4, -0.2) is 12.9 Å². The van der Waals surface area contributed by atoms with E-state index in [0.717, 1.165) is 16.7 Å². The topological polar surface area (TPSA) is 52.3 Å². The Morgan fingerprint density at radius 3 is 2.48 bits per heavy atom. The monoisotopic (exact) mass is 283 g/mol. The molecule has 1 unspecified atom stereocenters. The van der Waals surface area contributed by atoms with E-state index in [1.807, 2.05) is 56.3 Å². The molecule has 2 rings (SSSR count). The molecule has 0 amide bonds. The lowest BCUT2D eigenvalue weighted by Crippen LogP contribution is -2.16. The molecule has 110 valence electrons. The molecule has 0 fully saturated rings. The number of aryl methyl sites for hydroxylation is 2. The lowest BCUT2D eigenvalue weighted by atomic mass is 9.94. The molecular formula is C18H21NO2. The summed E-state index contributed by atoms with van der Waals surface area (Å²) >= 11 is 0. The van der Waals surface area contributed by atoms with Crippen LogP contribution in [0.5, 0.6) is 5.75 Å². The SMILES string of the molecule is COc1cc(C)cc(C)c1C(=O)CC(N)c1ccccc1. The minimum absolute atomic E-state index is 0.0145. The van der Waals surface area contributed by atoms with Crippen molar-refractivity contribution in [1.29, 1.82) is 0 Å². The van der Waals surface area contributed by atoms with Crippen molar-refractivity contribution in [2.24, 2.45) is 5.73 Å². The van der Waals surface area contributed by atoms with Gasteiger partial charge in [0.25, 0.3) is 0 Å². The number of hydrogen-bond donors (Lipinski definition) is 1. The normalized spacial score (nSPS) is 12.0. The van der Waals surface area contributed by atoms with E-state index >= 15 is 0 Å². The van der Waals surface area contributed by atoms with E-state index in [1.165, 1.54) is 0 Å². The standard InChI is InChI=1S/C18H21NO2/c1-12-9-13(2)18(17(10-12)21-3)16(20)11-15(19)14-7-5-4-6-8-14/h4-10,15H,11,19H2,1-3H3. The molecule has 0 heterocycles. The molecule has 0 aliphatic carbocycles. The van der Waals surface area contributed by atoms with Crippen molar-refractivity contribution in [3.63, 3.8) is 0 Å². The first kappa shape index (κ1) is 15.3. The Hall–Kier alpha value is -2.13. The third-order valence-corrected chi connectivity index (χ3v) is 3.58. The van der Waals surface area contributed by atoms with E-state index in [2.05, 4.69) is 0 Å². The summed E-state index contributed by atoms with van der Waals surface area (Å²) in [7, 11) is 1.59. The van der Waals surface area contributed by atoms with Crippen LogP contribution in [0.3, 0.4) is 0 Å². The largest absolute Gasteiger partial charge is 0.496 e. The van der Waals surface area contributed by atoms with Gasteiger partial charge in [-0.05, 0) is 36.6 Å². The Labute approximate surface area is 125 Å². The Kier molecular flexibility index (Phi) is 4.76. The average molecular weight is 283 g/mol. The quantitative estimate of drug-likeness (QED) is 0.853. The molecule has 21 heavy (non-hydrogen) atoms. The van der Waals surface area contributed by atoms with Gasteiger partial charge in [-0.25, -0.2) is 0 Å². The van der Waals surface area contributed by atoms with Crippen LogP contribution >= 0.6 is 0 Å². The first-order valence-corrected chi connectivity index (χ1v) is 7.02. The third kappa shape index (κ3) is 3.50. The minimum atomic E-state index is -0.302. The van der Waals surface area contributed by atoms with Crippen molar-refractivity contribution in [2.75, 3.05) is 7.11 Å². The molecule has 2 aromatic rings. The Morgan fingerprint density at radius 2 is 1.86 bits per heavy atom. The molecule has 0 aliphatic heterocycles. The predicted octanol–water partition coefficient (Wildman–Crippen LogP) is 3.58. The number of carbonyl (C=O) groups excluding carboxylic acids is 1. The molecule has 0 aliphatic rings. The molecule has 3 heteroatoms. The maximum Gasteiger partial charge on any atom is 0.168 e. The summed E-state index contributed by atoms with van der Waals surface area (Å²) in [6.07, 6.45) is 0.268. The Bertz CT molecular complexity index is 635. The lowest BCUT2D eigenvalue weighted by Gasteiger charge is -2.15. The molecule has 2 N–H and O–H groups in total. The molecule has 0 saturated heterocycles. The molecule has 0 saturated carbocycles.